The maximum absolute atomic E-state index is 12.5. The Labute approximate surface area is 187 Å². The summed E-state index contributed by atoms with van der Waals surface area (Å²) in [4.78, 5) is 2.49. The molecule has 2 aromatic rings. The summed E-state index contributed by atoms with van der Waals surface area (Å²) in [5, 5.41) is 9.35. The van der Waals surface area contributed by atoms with Gasteiger partial charge in [-0.15, -0.1) is 0 Å². The van der Waals surface area contributed by atoms with Crippen molar-refractivity contribution in [2.75, 3.05) is 32.8 Å². The molecule has 0 amide bonds. The Morgan fingerprint density at radius 1 is 1.07 bits per heavy atom. The van der Waals surface area contributed by atoms with Gasteiger partial charge in [-0.05, 0) is 67.7 Å². The largest absolute Gasteiger partial charge is 0.491 e. The van der Waals surface area contributed by atoms with E-state index in [4.69, 9.17) is 33.0 Å². The number of benzene rings is 2. The molecule has 0 unspecified atom stereocenters. The molecule has 1 fully saturated rings. The van der Waals surface area contributed by atoms with Gasteiger partial charge in [0.2, 0.25) is 10.0 Å². The van der Waals surface area contributed by atoms with Gasteiger partial charge in [-0.3, -0.25) is 4.90 Å². The Morgan fingerprint density at radius 2 is 1.77 bits per heavy atom. The van der Waals surface area contributed by atoms with Crippen LogP contribution in [-0.4, -0.2) is 51.3 Å². The third kappa shape index (κ3) is 6.57. The average Bonchev–Trinajstić information content (AvgIpc) is 2.74. The standard InChI is InChI=1S/C21H26Cl2N2O4S/c22-20-6-5-19(13-21(20)23)30(27,28)24-14-16-7-9-25(10-8-16)15-17-1-3-18(4-2-17)29-12-11-26/h1-6,13,16,24,26H,7-12,14-15H2. The molecule has 6 nitrogen and oxygen atoms in total. The minimum absolute atomic E-state index is 0.000297. The van der Waals surface area contributed by atoms with Gasteiger partial charge >= 0.3 is 0 Å². The van der Waals surface area contributed by atoms with Gasteiger partial charge in [-0.2, -0.15) is 0 Å². The summed E-state index contributed by atoms with van der Waals surface area (Å²) in [6, 6.07) is 12.2. The predicted octanol–water partition coefficient (Wildman–Crippen LogP) is 3.56. The smallest absolute Gasteiger partial charge is 0.240 e. The van der Waals surface area contributed by atoms with Crippen molar-refractivity contribution in [2.24, 2.45) is 5.92 Å². The summed E-state index contributed by atoms with van der Waals surface area (Å²) in [5.74, 6) is 1.05. The number of hydrogen-bond donors (Lipinski definition) is 2. The number of sulfonamides is 1. The van der Waals surface area contributed by atoms with Crippen LogP contribution in [0.4, 0.5) is 0 Å². The van der Waals surface area contributed by atoms with Gasteiger partial charge in [-0.1, -0.05) is 35.3 Å². The molecule has 3 rings (SSSR count). The van der Waals surface area contributed by atoms with Crippen molar-refractivity contribution in [3.63, 3.8) is 0 Å². The van der Waals surface area contributed by atoms with E-state index in [9.17, 15) is 8.42 Å². The van der Waals surface area contributed by atoms with Crippen molar-refractivity contribution in [1.29, 1.82) is 0 Å². The lowest BCUT2D eigenvalue weighted by Gasteiger charge is -2.32. The quantitative estimate of drug-likeness (QED) is 0.583. The van der Waals surface area contributed by atoms with E-state index < -0.39 is 10.0 Å². The first-order valence-corrected chi connectivity index (χ1v) is 12.1. The summed E-state index contributed by atoms with van der Waals surface area (Å²) in [7, 11) is -3.61. The van der Waals surface area contributed by atoms with E-state index in [1.165, 1.54) is 23.8 Å². The highest BCUT2D eigenvalue weighted by molar-refractivity contribution is 7.89. The lowest BCUT2D eigenvalue weighted by Crippen LogP contribution is -2.38. The zero-order chi connectivity index (χ0) is 21.6. The van der Waals surface area contributed by atoms with Crippen LogP contribution in [0.2, 0.25) is 10.0 Å². The van der Waals surface area contributed by atoms with Crippen molar-refractivity contribution < 1.29 is 18.3 Å². The van der Waals surface area contributed by atoms with E-state index in [1.807, 2.05) is 24.3 Å². The molecule has 30 heavy (non-hydrogen) atoms. The van der Waals surface area contributed by atoms with Crippen LogP contribution in [0.5, 0.6) is 5.75 Å². The highest BCUT2D eigenvalue weighted by atomic mass is 35.5. The minimum Gasteiger partial charge on any atom is -0.491 e. The fourth-order valence-corrected chi connectivity index (χ4v) is 4.92. The molecule has 2 N–H and O–H groups in total. The van der Waals surface area contributed by atoms with E-state index in [2.05, 4.69) is 9.62 Å². The van der Waals surface area contributed by atoms with Crippen molar-refractivity contribution in [2.45, 2.75) is 24.3 Å². The van der Waals surface area contributed by atoms with Gasteiger partial charge in [-0.25, -0.2) is 13.1 Å². The summed E-state index contributed by atoms with van der Waals surface area (Å²) >= 11 is 11.8. The van der Waals surface area contributed by atoms with E-state index in [0.717, 1.165) is 38.2 Å². The van der Waals surface area contributed by atoms with E-state index in [-0.39, 0.29) is 16.5 Å². The lowest BCUT2D eigenvalue weighted by molar-refractivity contribution is 0.178. The van der Waals surface area contributed by atoms with Gasteiger partial charge in [0.1, 0.15) is 12.4 Å². The summed E-state index contributed by atoms with van der Waals surface area (Å²) < 4.78 is 33.1. The first-order chi connectivity index (χ1) is 14.4. The molecular weight excluding hydrogens is 447 g/mol. The Balaban J connectivity index is 1.44. The van der Waals surface area contributed by atoms with Crippen molar-refractivity contribution in [1.82, 2.24) is 9.62 Å². The van der Waals surface area contributed by atoms with Crippen LogP contribution in [0.3, 0.4) is 0 Å². The maximum atomic E-state index is 12.5. The number of nitrogens with zero attached hydrogens (tertiary/aromatic N) is 1. The second kappa shape index (κ2) is 10.8. The van der Waals surface area contributed by atoms with Crippen molar-refractivity contribution in [3.05, 3.63) is 58.1 Å². The van der Waals surface area contributed by atoms with E-state index in [0.29, 0.717) is 24.1 Å². The molecule has 164 valence electrons. The molecule has 0 saturated carbocycles. The zero-order valence-electron chi connectivity index (χ0n) is 16.6. The molecule has 9 heteroatoms. The van der Waals surface area contributed by atoms with Gasteiger partial charge in [0.25, 0.3) is 0 Å². The molecule has 0 bridgehead atoms. The number of aliphatic hydroxyl groups excluding tert-OH is 1. The number of likely N-dealkylation sites (tertiary alicyclic amines) is 1. The van der Waals surface area contributed by atoms with Gasteiger partial charge in [0, 0.05) is 13.1 Å². The summed E-state index contributed by atoms with van der Waals surface area (Å²) in [6.45, 7) is 3.39. The molecule has 0 aromatic heterocycles. The molecule has 1 aliphatic rings. The second-order valence-corrected chi connectivity index (χ2v) is 9.94. The number of ether oxygens (including phenoxy) is 1. The van der Waals surface area contributed by atoms with Crippen LogP contribution in [0.15, 0.2) is 47.4 Å². The van der Waals surface area contributed by atoms with Crippen LogP contribution in [0.1, 0.15) is 18.4 Å². The summed E-state index contributed by atoms with van der Waals surface area (Å²) in [6.07, 6.45) is 1.86. The van der Waals surface area contributed by atoms with Gasteiger partial charge in [0.15, 0.2) is 0 Å². The summed E-state index contributed by atoms with van der Waals surface area (Å²) in [5.41, 5.74) is 1.20. The molecule has 0 atom stereocenters. The van der Waals surface area contributed by atoms with Gasteiger partial charge in [0.05, 0.1) is 21.5 Å². The van der Waals surface area contributed by atoms with E-state index >= 15 is 0 Å². The Bertz CT molecular complexity index is 931. The molecule has 1 saturated heterocycles. The van der Waals surface area contributed by atoms with Crippen LogP contribution >= 0.6 is 23.2 Å². The molecular formula is C21H26Cl2N2O4S. The predicted molar refractivity (Wildman–Crippen MR) is 119 cm³/mol. The topological polar surface area (TPSA) is 78.9 Å². The van der Waals surface area contributed by atoms with E-state index in [1.54, 1.807) is 0 Å². The van der Waals surface area contributed by atoms with Gasteiger partial charge < -0.3 is 9.84 Å². The minimum atomic E-state index is -3.61. The molecule has 0 aliphatic carbocycles. The normalized spacial score (nSPS) is 16.0. The number of halogens is 2. The number of hydrogen-bond acceptors (Lipinski definition) is 5. The first kappa shape index (κ1) is 23.3. The van der Waals surface area contributed by atoms with Crippen molar-refractivity contribution in [3.8, 4) is 5.75 Å². The van der Waals surface area contributed by atoms with Crippen LogP contribution in [0, 0.1) is 5.92 Å². The fourth-order valence-electron chi connectivity index (χ4n) is 3.42. The number of rotatable bonds is 9. The van der Waals surface area contributed by atoms with Crippen LogP contribution in [-0.2, 0) is 16.6 Å². The third-order valence-corrected chi connectivity index (χ3v) is 7.32. The molecule has 2 aromatic carbocycles. The number of piperidine rings is 1. The van der Waals surface area contributed by atoms with Crippen LogP contribution in [0.25, 0.3) is 0 Å². The third-order valence-electron chi connectivity index (χ3n) is 5.16. The Hall–Kier alpha value is -1.35. The molecule has 0 radical (unpaired) electrons. The fraction of sp³-hybridized carbons (Fsp3) is 0.429. The average molecular weight is 473 g/mol. The molecule has 1 heterocycles. The van der Waals surface area contributed by atoms with Crippen molar-refractivity contribution >= 4 is 33.2 Å². The molecule has 1 aliphatic heterocycles. The first-order valence-electron chi connectivity index (χ1n) is 9.87. The second-order valence-electron chi connectivity index (χ2n) is 7.36. The maximum Gasteiger partial charge on any atom is 0.240 e. The Morgan fingerprint density at radius 3 is 2.40 bits per heavy atom. The molecule has 0 spiro atoms. The highest BCUT2D eigenvalue weighted by Gasteiger charge is 2.22. The van der Waals surface area contributed by atoms with Crippen LogP contribution < -0.4 is 9.46 Å². The number of aliphatic hydroxyl groups is 1. The lowest BCUT2D eigenvalue weighted by atomic mass is 9.97. The zero-order valence-corrected chi connectivity index (χ0v) is 18.9. The highest BCUT2D eigenvalue weighted by Crippen LogP contribution is 2.25. The monoisotopic (exact) mass is 472 g/mol. The SMILES string of the molecule is O=S(=O)(NCC1CCN(Cc2ccc(OCCO)cc2)CC1)c1ccc(Cl)c(Cl)c1. The Kier molecular flexibility index (Phi) is 8.39. The number of nitrogens with one attached hydrogen (secondary N) is 1.